The molecule has 1 aliphatic heterocycles. The van der Waals surface area contributed by atoms with Crippen molar-refractivity contribution in [3.05, 3.63) is 33.7 Å². The summed E-state index contributed by atoms with van der Waals surface area (Å²) in [6, 6.07) is 4.49. The van der Waals surface area contributed by atoms with E-state index in [1.54, 1.807) is 0 Å². The predicted octanol–water partition coefficient (Wildman–Crippen LogP) is 2.72. The van der Waals surface area contributed by atoms with E-state index < -0.39 is 5.97 Å². The molecular weight excluding hydrogens is 334 g/mol. The van der Waals surface area contributed by atoms with Gasteiger partial charge in [0, 0.05) is 17.1 Å². The maximum Gasteiger partial charge on any atom is 0.305 e. The van der Waals surface area contributed by atoms with Gasteiger partial charge in [0.15, 0.2) is 0 Å². The molecule has 0 atom stereocenters. The standard InChI is InChI=1S/C13H10ClNO4S2/c14-8-1-2-9(16)7(5-8)6-10-12(19)15(13(20)21-10)4-3-11(17)18/h1-2,5-6,16H,3-4H2,(H,17,18). The lowest BCUT2D eigenvalue weighted by molar-refractivity contribution is -0.137. The summed E-state index contributed by atoms with van der Waals surface area (Å²) in [5, 5.41) is 18.8. The molecule has 110 valence electrons. The minimum Gasteiger partial charge on any atom is -0.507 e. The van der Waals surface area contributed by atoms with Crippen LogP contribution in [-0.2, 0) is 9.59 Å². The van der Waals surface area contributed by atoms with E-state index in [1.165, 1.54) is 29.2 Å². The van der Waals surface area contributed by atoms with Crippen LogP contribution in [0, 0.1) is 0 Å². The van der Waals surface area contributed by atoms with Gasteiger partial charge in [-0.25, -0.2) is 0 Å². The minimum absolute atomic E-state index is 0.00444. The summed E-state index contributed by atoms with van der Waals surface area (Å²) in [4.78, 5) is 24.3. The van der Waals surface area contributed by atoms with Gasteiger partial charge in [-0.3, -0.25) is 14.5 Å². The highest BCUT2D eigenvalue weighted by atomic mass is 35.5. The molecule has 1 aromatic rings. The van der Waals surface area contributed by atoms with E-state index in [0.717, 1.165) is 11.8 Å². The summed E-state index contributed by atoms with van der Waals surface area (Å²) >= 11 is 12.0. The van der Waals surface area contributed by atoms with Crippen LogP contribution in [0.2, 0.25) is 5.02 Å². The van der Waals surface area contributed by atoms with Crippen LogP contribution < -0.4 is 0 Å². The molecular formula is C13H10ClNO4S2. The summed E-state index contributed by atoms with van der Waals surface area (Å²) in [7, 11) is 0. The van der Waals surface area contributed by atoms with Crippen molar-refractivity contribution in [3.63, 3.8) is 0 Å². The summed E-state index contributed by atoms with van der Waals surface area (Å²) in [6.45, 7) is 0.0267. The Morgan fingerprint density at radius 1 is 1.48 bits per heavy atom. The van der Waals surface area contributed by atoms with Crippen molar-refractivity contribution in [1.29, 1.82) is 0 Å². The van der Waals surface area contributed by atoms with E-state index in [0.29, 0.717) is 19.8 Å². The number of carboxylic acids is 1. The molecule has 2 rings (SSSR count). The first-order valence-corrected chi connectivity index (χ1v) is 7.44. The van der Waals surface area contributed by atoms with E-state index in [9.17, 15) is 14.7 Å². The Kier molecular flexibility index (Phi) is 4.87. The van der Waals surface area contributed by atoms with Crippen LogP contribution in [0.1, 0.15) is 12.0 Å². The number of nitrogens with zero attached hydrogens (tertiary/aromatic N) is 1. The Labute approximate surface area is 135 Å². The lowest BCUT2D eigenvalue weighted by atomic mass is 10.2. The lowest BCUT2D eigenvalue weighted by Crippen LogP contribution is -2.30. The third-order valence-electron chi connectivity index (χ3n) is 2.70. The second-order valence-electron chi connectivity index (χ2n) is 4.18. The van der Waals surface area contributed by atoms with E-state index in [4.69, 9.17) is 28.9 Å². The molecule has 0 aliphatic carbocycles. The van der Waals surface area contributed by atoms with E-state index in [2.05, 4.69) is 0 Å². The average Bonchev–Trinajstić information content (AvgIpc) is 2.66. The van der Waals surface area contributed by atoms with Crippen molar-refractivity contribution in [2.45, 2.75) is 6.42 Å². The normalized spacial score (nSPS) is 16.8. The van der Waals surface area contributed by atoms with Gasteiger partial charge in [0.1, 0.15) is 10.1 Å². The lowest BCUT2D eigenvalue weighted by Gasteiger charge is -2.12. The van der Waals surface area contributed by atoms with Gasteiger partial charge in [-0.2, -0.15) is 0 Å². The maximum atomic E-state index is 12.2. The van der Waals surface area contributed by atoms with Crippen molar-refractivity contribution in [3.8, 4) is 5.75 Å². The van der Waals surface area contributed by atoms with Crippen LogP contribution in [0.3, 0.4) is 0 Å². The molecule has 1 aliphatic rings. The van der Waals surface area contributed by atoms with Gasteiger partial charge < -0.3 is 10.2 Å². The molecule has 0 spiro atoms. The van der Waals surface area contributed by atoms with Crippen LogP contribution in [0.4, 0.5) is 0 Å². The molecule has 1 amide bonds. The number of phenols is 1. The van der Waals surface area contributed by atoms with Gasteiger partial charge in [0.05, 0.1) is 11.3 Å². The number of rotatable bonds is 4. The highest BCUT2D eigenvalue weighted by Crippen LogP contribution is 2.34. The monoisotopic (exact) mass is 343 g/mol. The van der Waals surface area contributed by atoms with E-state index in [1.807, 2.05) is 0 Å². The number of carboxylic acid groups (broad SMARTS) is 1. The number of carbonyl (C=O) groups is 2. The van der Waals surface area contributed by atoms with E-state index >= 15 is 0 Å². The first-order chi connectivity index (χ1) is 9.88. The summed E-state index contributed by atoms with van der Waals surface area (Å²) in [6.07, 6.45) is 1.31. The third kappa shape index (κ3) is 3.75. The maximum absolute atomic E-state index is 12.2. The molecule has 0 radical (unpaired) electrons. The molecule has 21 heavy (non-hydrogen) atoms. The summed E-state index contributed by atoms with van der Waals surface area (Å²) < 4.78 is 0.300. The van der Waals surface area contributed by atoms with Crippen LogP contribution in [-0.4, -0.2) is 37.9 Å². The Hall–Kier alpha value is -1.57. The number of phenolic OH excluding ortho intramolecular Hbond substituents is 1. The first kappa shape index (κ1) is 15.8. The highest BCUT2D eigenvalue weighted by Gasteiger charge is 2.32. The number of thioether (sulfide) groups is 1. The number of aliphatic carboxylic acids is 1. The quantitative estimate of drug-likeness (QED) is 0.646. The number of hydrogen-bond donors (Lipinski definition) is 2. The predicted molar refractivity (Wildman–Crippen MR) is 85.2 cm³/mol. The Bertz CT molecular complexity index is 660. The van der Waals surface area contributed by atoms with Crippen LogP contribution in [0.15, 0.2) is 23.1 Å². The van der Waals surface area contributed by atoms with Crippen LogP contribution >= 0.6 is 35.6 Å². The number of carbonyl (C=O) groups excluding carboxylic acids is 1. The number of benzene rings is 1. The zero-order chi connectivity index (χ0) is 15.6. The summed E-state index contributed by atoms with van der Waals surface area (Å²) in [5.74, 6) is -1.37. The van der Waals surface area contributed by atoms with Gasteiger partial charge in [0.25, 0.3) is 5.91 Å². The van der Waals surface area contributed by atoms with Crippen molar-refractivity contribution < 1.29 is 19.8 Å². The Morgan fingerprint density at radius 2 is 2.19 bits per heavy atom. The van der Waals surface area contributed by atoms with Gasteiger partial charge >= 0.3 is 5.97 Å². The molecule has 1 heterocycles. The second-order valence-corrected chi connectivity index (χ2v) is 6.29. The SMILES string of the molecule is O=C(O)CCN1C(=O)C(=Cc2cc(Cl)ccc2O)SC1=S. The number of halogens is 1. The number of amides is 1. The zero-order valence-electron chi connectivity index (χ0n) is 10.6. The fourth-order valence-corrected chi connectivity index (χ4v) is 3.16. The average molecular weight is 344 g/mol. The molecule has 0 saturated carbocycles. The van der Waals surface area contributed by atoms with Gasteiger partial charge in [-0.1, -0.05) is 35.6 Å². The number of thiocarbonyl (C=S) groups is 1. The molecule has 0 unspecified atom stereocenters. The van der Waals surface area contributed by atoms with Gasteiger partial charge in [-0.05, 0) is 24.3 Å². The molecule has 0 bridgehead atoms. The minimum atomic E-state index is -1.000. The van der Waals surface area contributed by atoms with Gasteiger partial charge in [0.2, 0.25) is 0 Å². The smallest absolute Gasteiger partial charge is 0.305 e. The van der Waals surface area contributed by atoms with Gasteiger partial charge in [-0.15, -0.1) is 0 Å². The zero-order valence-corrected chi connectivity index (χ0v) is 13.0. The Balaban J connectivity index is 2.23. The molecule has 0 aromatic heterocycles. The van der Waals surface area contributed by atoms with Crippen LogP contribution in [0.5, 0.6) is 5.75 Å². The van der Waals surface area contributed by atoms with Crippen molar-refractivity contribution >= 4 is 57.9 Å². The molecule has 1 aromatic carbocycles. The van der Waals surface area contributed by atoms with Crippen molar-refractivity contribution in [1.82, 2.24) is 4.90 Å². The third-order valence-corrected chi connectivity index (χ3v) is 4.31. The number of aromatic hydroxyl groups is 1. The number of hydrogen-bond acceptors (Lipinski definition) is 5. The first-order valence-electron chi connectivity index (χ1n) is 5.84. The highest BCUT2D eigenvalue weighted by molar-refractivity contribution is 8.26. The second kappa shape index (κ2) is 6.46. The summed E-state index contributed by atoms with van der Waals surface area (Å²) in [5.41, 5.74) is 0.404. The topological polar surface area (TPSA) is 77.8 Å². The molecule has 1 saturated heterocycles. The van der Waals surface area contributed by atoms with Crippen LogP contribution in [0.25, 0.3) is 6.08 Å². The largest absolute Gasteiger partial charge is 0.507 e. The Morgan fingerprint density at radius 3 is 2.86 bits per heavy atom. The van der Waals surface area contributed by atoms with E-state index in [-0.39, 0.29) is 24.6 Å². The molecule has 8 heteroatoms. The molecule has 2 N–H and O–H groups in total. The fraction of sp³-hybridized carbons (Fsp3) is 0.154. The molecule has 5 nitrogen and oxygen atoms in total. The van der Waals surface area contributed by atoms with Crippen molar-refractivity contribution in [2.24, 2.45) is 0 Å². The fourth-order valence-electron chi connectivity index (χ4n) is 1.68. The van der Waals surface area contributed by atoms with Crippen molar-refractivity contribution in [2.75, 3.05) is 6.54 Å². The molecule has 1 fully saturated rings.